The van der Waals surface area contributed by atoms with E-state index in [1.165, 1.54) is 36.3 Å². The molecular formula is C14H25N4+. The van der Waals surface area contributed by atoms with Crippen molar-refractivity contribution in [3.05, 3.63) is 11.9 Å². The normalized spacial score (nSPS) is 22.8. The molecule has 18 heavy (non-hydrogen) atoms. The second kappa shape index (κ2) is 5.65. The standard InChI is InChI=1S/C14H24N4/c1-5-7-12(8-6-2)13-14-15-11(3)9-18(14)10-17(4)16-13/h9,12H,5-8,10H2,1-4H3/p+1. The first kappa shape index (κ1) is 13.3. The summed E-state index contributed by atoms with van der Waals surface area (Å²) >= 11 is 0. The second-order valence-electron chi connectivity index (χ2n) is 5.35. The van der Waals surface area contributed by atoms with Crippen LogP contribution in [0.4, 0.5) is 0 Å². The Hall–Kier alpha value is -1.16. The van der Waals surface area contributed by atoms with Crippen molar-refractivity contribution in [1.82, 2.24) is 5.01 Å². The van der Waals surface area contributed by atoms with Gasteiger partial charge < -0.3 is 0 Å². The van der Waals surface area contributed by atoms with Gasteiger partial charge in [0.2, 0.25) is 0 Å². The maximum atomic E-state index is 4.76. The van der Waals surface area contributed by atoms with Crippen molar-refractivity contribution in [3.8, 4) is 0 Å². The highest BCUT2D eigenvalue weighted by Crippen LogP contribution is 2.18. The molecule has 2 heterocycles. The molecule has 2 aliphatic heterocycles. The molecule has 0 fully saturated rings. The van der Waals surface area contributed by atoms with Crippen molar-refractivity contribution in [1.29, 1.82) is 0 Å². The van der Waals surface area contributed by atoms with E-state index in [-0.39, 0.29) is 0 Å². The Kier molecular flexibility index (Phi) is 4.17. The van der Waals surface area contributed by atoms with Gasteiger partial charge in [-0.2, -0.15) is 10.1 Å². The van der Waals surface area contributed by atoms with E-state index in [1.54, 1.807) is 0 Å². The Labute approximate surface area is 110 Å². The van der Waals surface area contributed by atoms with Crippen molar-refractivity contribution in [2.45, 2.75) is 46.5 Å². The lowest BCUT2D eigenvalue weighted by Gasteiger charge is -2.28. The van der Waals surface area contributed by atoms with E-state index in [2.05, 4.69) is 39.0 Å². The van der Waals surface area contributed by atoms with Gasteiger partial charge in [-0.3, -0.25) is 0 Å². The number of nitrogens with one attached hydrogen (secondary N) is 1. The lowest BCUT2D eigenvalue weighted by molar-refractivity contribution is -0.758. The number of hydrogen-bond donors (Lipinski definition) is 1. The summed E-state index contributed by atoms with van der Waals surface area (Å²) in [6.07, 6.45) is 7.05. The van der Waals surface area contributed by atoms with Crippen molar-refractivity contribution in [2.24, 2.45) is 16.0 Å². The third kappa shape index (κ3) is 2.64. The largest absolute Gasteiger partial charge is 0.256 e. The average Bonchev–Trinajstić information content (AvgIpc) is 2.68. The molecular weight excluding hydrogens is 224 g/mol. The molecule has 0 amide bonds. The molecule has 0 aromatic rings. The molecule has 100 valence electrons. The van der Waals surface area contributed by atoms with E-state index in [0.29, 0.717) is 5.92 Å². The van der Waals surface area contributed by atoms with Gasteiger partial charge in [0, 0.05) is 13.0 Å². The van der Waals surface area contributed by atoms with Gasteiger partial charge in [-0.05, 0) is 19.8 Å². The summed E-state index contributed by atoms with van der Waals surface area (Å²) in [5, 5.41) is 6.81. The smallest absolute Gasteiger partial charge is 0.249 e. The summed E-state index contributed by atoms with van der Waals surface area (Å²) < 4.78 is 0. The highest BCUT2D eigenvalue weighted by Gasteiger charge is 2.35. The van der Waals surface area contributed by atoms with Gasteiger partial charge in [0.25, 0.3) is 5.84 Å². The van der Waals surface area contributed by atoms with E-state index in [9.17, 15) is 0 Å². The number of rotatable bonds is 5. The number of quaternary nitrogens is 1. The predicted molar refractivity (Wildman–Crippen MR) is 75.5 cm³/mol. The first-order chi connectivity index (χ1) is 8.65. The van der Waals surface area contributed by atoms with E-state index in [1.807, 2.05) is 0 Å². The molecule has 0 aromatic carbocycles. The first-order valence-electron chi connectivity index (χ1n) is 7.08. The van der Waals surface area contributed by atoms with Crippen molar-refractivity contribution >= 4 is 11.5 Å². The maximum Gasteiger partial charge on any atom is 0.256 e. The molecule has 0 radical (unpaired) electrons. The van der Waals surface area contributed by atoms with Crippen LogP contribution in [-0.4, -0.2) is 30.3 Å². The molecule has 2 aliphatic rings. The van der Waals surface area contributed by atoms with Crippen LogP contribution in [0, 0.1) is 5.92 Å². The van der Waals surface area contributed by atoms with Crippen LogP contribution in [0.3, 0.4) is 0 Å². The van der Waals surface area contributed by atoms with Crippen LogP contribution in [0.15, 0.2) is 22.0 Å². The van der Waals surface area contributed by atoms with Crippen LogP contribution in [0.1, 0.15) is 46.5 Å². The number of nitrogens with zero attached hydrogens (tertiary/aromatic N) is 3. The molecule has 4 heteroatoms. The van der Waals surface area contributed by atoms with Gasteiger partial charge >= 0.3 is 0 Å². The molecule has 0 spiro atoms. The number of amidine groups is 1. The maximum absolute atomic E-state index is 4.76. The number of aliphatic imine (C=N–C) groups is 1. The van der Waals surface area contributed by atoms with Gasteiger partial charge in [0.1, 0.15) is 11.9 Å². The fraction of sp³-hybridized carbons (Fsp3) is 0.714. The summed E-state index contributed by atoms with van der Waals surface area (Å²) in [7, 11) is 2.06. The number of allylic oxidation sites excluding steroid dienone is 1. The molecule has 4 nitrogen and oxygen atoms in total. The van der Waals surface area contributed by atoms with E-state index < -0.39 is 0 Å². The summed E-state index contributed by atoms with van der Waals surface area (Å²) in [5.74, 6) is 1.73. The highest BCUT2D eigenvalue weighted by atomic mass is 15.5. The molecule has 0 saturated heterocycles. The number of hydrogen-bond acceptors (Lipinski definition) is 3. The van der Waals surface area contributed by atoms with Crippen LogP contribution in [-0.2, 0) is 0 Å². The lowest BCUT2D eigenvalue weighted by atomic mass is 9.92. The Morgan fingerprint density at radius 2 is 2.00 bits per heavy atom. The van der Waals surface area contributed by atoms with Crippen molar-refractivity contribution in [3.63, 3.8) is 0 Å². The SMILES string of the molecule is CCCC(CCC)C1=NN(C)C[NH+]2C=C(C)N=C12. The van der Waals surface area contributed by atoms with E-state index in [0.717, 1.165) is 18.2 Å². The summed E-state index contributed by atoms with van der Waals surface area (Å²) in [6, 6.07) is 0. The quantitative estimate of drug-likeness (QED) is 0.789. The molecule has 0 aliphatic carbocycles. The minimum absolute atomic E-state index is 0.566. The van der Waals surface area contributed by atoms with Crippen LogP contribution in [0.5, 0.6) is 0 Å². The van der Waals surface area contributed by atoms with Crippen molar-refractivity contribution < 1.29 is 4.90 Å². The zero-order valence-electron chi connectivity index (χ0n) is 12.0. The molecule has 0 aromatic heterocycles. The summed E-state index contributed by atoms with van der Waals surface area (Å²) in [5.41, 5.74) is 2.34. The Morgan fingerprint density at radius 1 is 1.33 bits per heavy atom. The molecule has 1 atom stereocenters. The summed E-state index contributed by atoms with van der Waals surface area (Å²) in [4.78, 5) is 6.04. The molecule has 0 saturated carbocycles. The predicted octanol–water partition coefficient (Wildman–Crippen LogP) is 1.62. The van der Waals surface area contributed by atoms with Crippen LogP contribution < -0.4 is 4.90 Å². The van der Waals surface area contributed by atoms with E-state index >= 15 is 0 Å². The lowest BCUT2D eigenvalue weighted by Crippen LogP contribution is -3.13. The third-order valence-corrected chi connectivity index (χ3v) is 3.56. The molecule has 0 bridgehead atoms. The van der Waals surface area contributed by atoms with Gasteiger partial charge in [0.15, 0.2) is 6.67 Å². The molecule has 1 N–H and O–H groups in total. The fourth-order valence-corrected chi connectivity index (χ4v) is 2.85. The van der Waals surface area contributed by atoms with Crippen LogP contribution in [0.25, 0.3) is 0 Å². The second-order valence-corrected chi connectivity index (χ2v) is 5.35. The summed E-state index contributed by atoms with van der Waals surface area (Å²) in [6.45, 7) is 7.47. The Balaban J connectivity index is 2.25. The minimum atomic E-state index is 0.566. The van der Waals surface area contributed by atoms with Crippen molar-refractivity contribution in [2.75, 3.05) is 13.7 Å². The number of hydrazone groups is 1. The zero-order valence-corrected chi connectivity index (χ0v) is 12.0. The Morgan fingerprint density at radius 3 is 2.61 bits per heavy atom. The fourth-order valence-electron chi connectivity index (χ4n) is 2.85. The number of fused-ring (bicyclic) bond motifs is 1. The molecule has 1 unspecified atom stereocenters. The van der Waals surface area contributed by atoms with Gasteiger partial charge in [0.05, 0.1) is 5.70 Å². The highest BCUT2D eigenvalue weighted by molar-refractivity contribution is 6.39. The average molecular weight is 249 g/mol. The van der Waals surface area contributed by atoms with E-state index in [4.69, 9.17) is 10.1 Å². The first-order valence-corrected chi connectivity index (χ1v) is 7.08. The van der Waals surface area contributed by atoms with Gasteiger partial charge in [-0.15, -0.1) is 0 Å². The van der Waals surface area contributed by atoms with Gasteiger partial charge in [-0.25, -0.2) is 9.91 Å². The monoisotopic (exact) mass is 249 g/mol. The topological polar surface area (TPSA) is 32.4 Å². The Bertz CT molecular complexity index is 389. The zero-order chi connectivity index (χ0) is 13.1. The minimum Gasteiger partial charge on any atom is -0.249 e. The van der Waals surface area contributed by atoms with Crippen LogP contribution >= 0.6 is 0 Å². The van der Waals surface area contributed by atoms with Crippen LogP contribution in [0.2, 0.25) is 0 Å². The van der Waals surface area contributed by atoms with Gasteiger partial charge in [-0.1, -0.05) is 26.7 Å². The molecule has 2 rings (SSSR count). The third-order valence-electron chi connectivity index (χ3n) is 3.56.